The van der Waals surface area contributed by atoms with Gasteiger partial charge in [-0.05, 0) is 43.7 Å². The van der Waals surface area contributed by atoms with Crippen LogP contribution in [0.5, 0.6) is 0 Å². The van der Waals surface area contributed by atoms with E-state index in [1.165, 1.54) is 0 Å². The van der Waals surface area contributed by atoms with E-state index in [1.807, 2.05) is 32.0 Å². The van der Waals surface area contributed by atoms with Crippen LogP contribution in [0.2, 0.25) is 0 Å². The summed E-state index contributed by atoms with van der Waals surface area (Å²) in [5, 5.41) is 0.413. The normalized spacial score (nSPS) is 10.9. The molecule has 2 aromatic carbocycles. The van der Waals surface area contributed by atoms with E-state index in [0.29, 0.717) is 16.5 Å². The van der Waals surface area contributed by atoms with Crippen LogP contribution in [-0.2, 0) is 0 Å². The van der Waals surface area contributed by atoms with Gasteiger partial charge in [-0.3, -0.25) is 4.79 Å². The van der Waals surface area contributed by atoms with Crippen LogP contribution in [0.25, 0.3) is 10.9 Å². The Kier molecular flexibility index (Phi) is 2.79. The third kappa shape index (κ3) is 1.95. The van der Waals surface area contributed by atoms with Gasteiger partial charge in [0.05, 0.1) is 10.9 Å². The maximum Gasteiger partial charge on any atom is 0.366 e. The Morgan fingerprint density at radius 2 is 1.65 bits per heavy atom. The van der Waals surface area contributed by atoms with Gasteiger partial charge in [-0.2, -0.15) is 0 Å². The van der Waals surface area contributed by atoms with E-state index in [1.54, 1.807) is 24.3 Å². The first kappa shape index (κ1) is 12.4. The highest BCUT2D eigenvalue weighted by atomic mass is 16.5. The lowest BCUT2D eigenvalue weighted by Gasteiger charge is -2.02. The number of hydrogen-bond acceptors (Lipinski definition) is 3. The lowest BCUT2D eigenvalue weighted by molar-refractivity contribution is 0.0850. The first-order valence-electron chi connectivity index (χ1n) is 6.30. The summed E-state index contributed by atoms with van der Waals surface area (Å²) in [5.41, 5.74) is 2.51. The molecule has 3 aromatic rings. The molecular weight excluding hydrogens is 254 g/mol. The first-order chi connectivity index (χ1) is 9.56. The van der Waals surface area contributed by atoms with E-state index in [0.717, 1.165) is 15.9 Å². The van der Waals surface area contributed by atoms with Gasteiger partial charge in [0.2, 0.25) is 0 Å². The quantitative estimate of drug-likeness (QED) is 0.681. The van der Waals surface area contributed by atoms with Crippen molar-refractivity contribution >= 4 is 16.8 Å². The smallest absolute Gasteiger partial charge is 0.327 e. The molecule has 20 heavy (non-hydrogen) atoms. The van der Waals surface area contributed by atoms with Crippen molar-refractivity contribution in [2.24, 2.45) is 0 Å². The summed E-state index contributed by atoms with van der Waals surface area (Å²) >= 11 is 0. The van der Waals surface area contributed by atoms with Crippen LogP contribution in [0.1, 0.15) is 21.5 Å². The van der Waals surface area contributed by atoms with Crippen LogP contribution in [0.3, 0.4) is 0 Å². The zero-order chi connectivity index (χ0) is 14.3. The monoisotopic (exact) mass is 267 g/mol. The number of hydrogen-bond donors (Lipinski definition) is 0. The predicted molar refractivity (Wildman–Crippen MR) is 76.1 cm³/mol. The minimum Gasteiger partial charge on any atom is -0.327 e. The standard InChI is InChI=1S/C16H13NO3/c1-10-3-6-12(7-4-10)15(18)17-14-9-11(2)5-8-13(14)16(19)20-17/h3-9H,1-2H3. The fourth-order valence-corrected chi connectivity index (χ4v) is 2.13. The summed E-state index contributed by atoms with van der Waals surface area (Å²) in [6, 6.07) is 12.4. The molecule has 0 aliphatic carbocycles. The van der Waals surface area contributed by atoms with Crippen molar-refractivity contribution in [2.45, 2.75) is 13.8 Å². The highest BCUT2D eigenvalue weighted by molar-refractivity contribution is 6.00. The molecule has 0 unspecified atom stereocenters. The molecule has 3 rings (SSSR count). The van der Waals surface area contributed by atoms with Crippen LogP contribution in [0, 0.1) is 13.8 Å². The van der Waals surface area contributed by atoms with E-state index >= 15 is 0 Å². The second-order valence-corrected chi connectivity index (χ2v) is 4.86. The molecular formula is C16H13NO3. The SMILES string of the molecule is Cc1ccc(C(=O)n2oc(=O)c3ccc(C)cc32)cc1. The van der Waals surface area contributed by atoms with Gasteiger partial charge in [0.25, 0.3) is 5.91 Å². The molecule has 0 aliphatic rings. The van der Waals surface area contributed by atoms with E-state index in [-0.39, 0.29) is 5.91 Å². The third-order valence-corrected chi connectivity index (χ3v) is 3.25. The summed E-state index contributed by atoms with van der Waals surface area (Å²) in [6.45, 7) is 3.85. The van der Waals surface area contributed by atoms with Crippen LogP contribution < -0.4 is 5.63 Å². The summed E-state index contributed by atoms with van der Waals surface area (Å²) in [5.74, 6) is -0.345. The van der Waals surface area contributed by atoms with Crippen molar-refractivity contribution < 1.29 is 9.32 Å². The zero-order valence-corrected chi connectivity index (χ0v) is 11.2. The number of carbonyl (C=O) groups excluding carboxylic acids is 1. The Balaban J connectivity index is 2.19. The summed E-state index contributed by atoms with van der Waals surface area (Å²) in [4.78, 5) is 24.2. The Bertz CT molecular complexity index is 854. The van der Waals surface area contributed by atoms with Crippen molar-refractivity contribution in [3.63, 3.8) is 0 Å². The van der Waals surface area contributed by atoms with E-state index < -0.39 is 5.63 Å². The molecule has 1 heterocycles. The first-order valence-corrected chi connectivity index (χ1v) is 6.30. The van der Waals surface area contributed by atoms with E-state index in [2.05, 4.69) is 0 Å². The Morgan fingerprint density at radius 1 is 1.00 bits per heavy atom. The van der Waals surface area contributed by atoms with Gasteiger partial charge in [-0.25, -0.2) is 4.79 Å². The van der Waals surface area contributed by atoms with Gasteiger partial charge < -0.3 is 4.52 Å². The minimum atomic E-state index is -0.500. The molecule has 0 N–H and O–H groups in total. The topological polar surface area (TPSA) is 52.2 Å². The number of aromatic nitrogens is 1. The Morgan fingerprint density at radius 3 is 2.35 bits per heavy atom. The summed E-state index contributed by atoms with van der Waals surface area (Å²) < 4.78 is 6.14. The van der Waals surface area contributed by atoms with Gasteiger partial charge >= 0.3 is 5.63 Å². The van der Waals surface area contributed by atoms with Gasteiger partial charge in [-0.1, -0.05) is 23.8 Å². The molecule has 1 aromatic heterocycles. The number of nitrogens with zero attached hydrogens (tertiary/aromatic N) is 1. The molecule has 0 radical (unpaired) electrons. The molecule has 0 saturated heterocycles. The Labute approximate surface area is 115 Å². The molecule has 0 atom stereocenters. The molecule has 0 amide bonds. The lowest BCUT2D eigenvalue weighted by atomic mass is 10.1. The lowest BCUT2D eigenvalue weighted by Crippen LogP contribution is -2.11. The number of fused-ring (bicyclic) bond motifs is 1. The number of benzene rings is 2. The number of carbonyl (C=O) groups is 1. The second-order valence-electron chi connectivity index (χ2n) is 4.86. The molecule has 0 fully saturated rings. The van der Waals surface area contributed by atoms with Gasteiger partial charge in [0.15, 0.2) is 0 Å². The second kappa shape index (κ2) is 4.49. The van der Waals surface area contributed by atoms with Gasteiger partial charge in [0.1, 0.15) is 0 Å². The van der Waals surface area contributed by atoms with Crippen molar-refractivity contribution in [2.75, 3.05) is 0 Å². The van der Waals surface area contributed by atoms with Crippen molar-refractivity contribution in [3.8, 4) is 0 Å². The average molecular weight is 267 g/mol. The summed E-state index contributed by atoms with van der Waals surface area (Å²) in [7, 11) is 0. The van der Waals surface area contributed by atoms with E-state index in [9.17, 15) is 9.59 Å². The molecule has 0 spiro atoms. The fraction of sp³-hybridized carbons (Fsp3) is 0.125. The molecule has 4 heteroatoms. The molecule has 0 aliphatic heterocycles. The number of rotatable bonds is 1. The Hall–Kier alpha value is -2.62. The largest absolute Gasteiger partial charge is 0.366 e. The van der Waals surface area contributed by atoms with Gasteiger partial charge in [-0.15, -0.1) is 4.74 Å². The highest BCUT2D eigenvalue weighted by Gasteiger charge is 2.16. The van der Waals surface area contributed by atoms with Crippen LogP contribution >= 0.6 is 0 Å². The molecule has 0 bridgehead atoms. The third-order valence-electron chi connectivity index (χ3n) is 3.25. The van der Waals surface area contributed by atoms with Crippen LogP contribution in [0.15, 0.2) is 51.8 Å². The summed E-state index contributed by atoms with van der Waals surface area (Å²) in [6.07, 6.45) is 0. The molecule has 100 valence electrons. The fourth-order valence-electron chi connectivity index (χ4n) is 2.13. The maximum absolute atomic E-state index is 12.4. The number of aryl methyl sites for hydroxylation is 2. The van der Waals surface area contributed by atoms with Crippen molar-refractivity contribution in [1.82, 2.24) is 4.74 Å². The van der Waals surface area contributed by atoms with Crippen LogP contribution in [-0.4, -0.2) is 10.6 Å². The van der Waals surface area contributed by atoms with Gasteiger partial charge in [0, 0.05) is 5.56 Å². The average Bonchev–Trinajstić information content (AvgIpc) is 2.75. The molecule has 4 nitrogen and oxygen atoms in total. The van der Waals surface area contributed by atoms with Crippen molar-refractivity contribution in [1.29, 1.82) is 0 Å². The minimum absolute atomic E-state index is 0.345. The zero-order valence-electron chi connectivity index (χ0n) is 11.2. The van der Waals surface area contributed by atoms with E-state index in [4.69, 9.17) is 4.52 Å². The highest BCUT2D eigenvalue weighted by Crippen LogP contribution is 2.15. The predicted octanol–water partition coefficient (Wildman–Crippen LogP) is 2.90. The maximum atomic E-state index is 12.4. The molecule has 0 saturated carbocycles. The van der Waals surface area contributed by atoms with Crippen molar-refractivity contribution in [3.05, 3.63) is 69.6 Å². The van der Waals surface area contributed by atoms with Crippen LogP contribution in [0.4, 0.5) is 0 Å².